The van der Waals surface area contributed by atoms with Gasteiger partial charge in [0, 0.05) is 0 Å². The van der Waals surface area contributed by atoms with Gasteiger partial charge in [0.05, 0.1) is 7.85 Å². The van der Waals surface area contributed by atoms with Crippen LogP contribution < -0.4 is 0 Å². The number of hydrogen-bond donors (Lipinski definition) is 0. The molecule has 0 aromatic rings. The van der Waals surface area contributed by atoms with Crippen molar-refractivity contribution in [2.45, 2.75) is 51.8 Å². The molecule has 0 spiro atoms. The van der Waals surface area contributed by atoms with Crippen LogP contribution in [0.2, 0.25) is 5.31 Å². The van der Waals surface area contributed by atoms with Gasteiger partial charge in [0.1, 0.15) is 0 Å². The lowest BCUT2D eigenvalue weighted by Crippen LogP contribution is -2.32. The molecular formula is C9H17B. The summed E-state index contributed by atoms with van der Waals surface area (Å²) in [6.07, 6.45) is 5.16. The minimum absolute atomic E-state index is 0.0747. The molecule has 1 heteroatoms. The highest BCUT2D eigenvalue weighted by Gasteiger charge is 2.37. The van der Waals surface area contributed by atoms with Crippen LogP contribution in [0, 0.1) is 5.41 Å². The Morgan fingerprint density at radius 1 is 1.00 bits per heavy atom. The molecule has 0 saturated heterocycles. The maximum absolute atomic E-state index is 6.16. The molecule has 10 heavy (non-hydrogen) atoms. The van der Waals surface area contributed by atoms with E-state index in [4.69, 9.17) is 7.85 Å². The van der Waals surface area contributed by atoms with Gasteiger partial charge in [-0.3, -0.25) is 0 Å². The Bertz CT molecular complexity index is 109. The average Bonchev–Trinajstić information content (AvgIpc) is 1.77. The second-order valence-corrected chi connectivity index (χ2v) is 4.51. The van der Waals surface area contributed by atoms with E-state index in [2.05, 4.69) is 20.8 Å². The van der Waals surface area contributed by atoms with Crippen LogP contribution in [0.15, 0.2) is 0 Å². The van der Waals surface area contributed by atoms with E-state index in [1.807, 2.05) is 0 Å². The average molecular weight is 136 g/mol. The molecule has 0 bridgehead atoms. The van der Waals surface area contributed by atoms with Gasteiger partial charge in [0.25, 0.3) is 0 Å². The SMILES string of the molecule is [B]C1(C)CCCCC1(C)C. The summed E-state index contributed by atoms with van der Waals surface area (Å²) in [5.74, 6) is 0. The summed E-state index contributed by atoms with van der Waals surface area (Å²) in [6, 6.07) is 0. The Hall–Kier alpha value is 0.0649. The first-order valence-electron chi connectivity index (χ1n) is 4.25. The number of rotatable bonds is 0. The van der Waals surface area contributed by atoms with Crippen molar-refractivity contribution in [3.05, 3.63) is 0 Å². The van der Waals surface area contributed by atoms with Crippen LogP contribution in [0.25, 0.3) is 0 Å². The van der Waals surface area contributed by atoms with E-state index in [1.165, 1.54) is 25.7 Å². The monoisotopic (exact) mass is 136 g/mol. The van der Waals surface area contributed by atoms with Gasteiger partial charge < -0.3 is 0 Å². The summed E-state index contributed by atoms with van der Waals surface area (Å²) in [5, 5.41) is 0.0747. The standard InChI is InChI=1S/C9H17B/c1-8(2)6-4-5-7-9(8,3)10/h4-7H2,1-3H3. The Morgan fingerprint density at radius 2 is 1.50 bits per heavy atom. The zero-order chi connectivity index (χ0) is 7.83. The Morgan fingerprint density at radius 3 is 1.80 bits per heavy atom. The van der Waals surface area contributed by atoms with Gasteiger partial charge in [-0.15, -0.1) is 0 Å². The van der Waals surface area contributed by atoms with Crippen LogP contribution in [0.1, 0.15) is 46.5 Å². The summed E-state index contributed by atoms with van der Waals surface area (Å²) < 4.78 is 0. The molecule has 1 unspecified atom stereocenters. The molecule has 1 fully saturated rings. The lowest BCUT2D eigenvalue weighted by Gasteiger charge is -2.46. The lowest BCUT2D eigenvalue weighted by molar-refractivity contribution is 0.171. The minimum atomic E-state index is 0.0747. The Labute approximate surface area is 65.8 Å². The molecule has 0 aliphatic heterocycles. The van der Waals surface area contributed by atoms with Crippen molar-refractivity contribution in [1.82, 2.24) is 0 Å². The van der Waals surface area contributed by atoms with Crippen LogP contribution in [0.3, 0.4) is 0 Å². The summed E-state index contributed by atoms with van der Waals surface area (Å²) in [5.41, 5.74) is 0.352. The highest BCUT2D eigenvalue weighted by Crippen LogP contribution is 2.53. The summed E-state index contributed by atoms with van der Waals surface area (Å²) >= 11 is 0. The number of hydrogen-bond acceptors (Lipinski definition) is 0. The molecule has 1 aliphatic carbocycles. The zero-order valence-corrected chi connectivity index (χ0v) is 7.41. The normalized spacial score (nSPS) is 39.5. The topological polar surface area (TPSA) is 0 Å². The van der Waals surface area contributed by atoms with Gasteiger partial charge in [-0.1, -0.05) is 45.3 Å². The molecular weight excluding hydrogens is 119 g/mol. The molecule has 1 rings (SSSR count). The summed E-state index contributed by atoms with van der Waals surface area (Å²) in [6.45, 7) is 6.75. The van der Waals surface area contributed by atoms with Crippen molar-refractivity contribution in [2.75, 3.05) is 0 Å². The van der Waals surface area contributed by atoms with Crippen molar-refractivity contribution in [2.24, 2.45) is 5.41 Å². The highest BCUT2D eigenvalue weighted by molar-refractivity contribution is 6.15. The van der Waals surface area contributed by atoms with Crippen molar-refractivity contribution in [3.63, 3.8) is 0 Å². The molecule has 0 N–H and O–H groups in total. The molecule has 56 valence electrons. The van der Waals surface area contributed by atoms with Crippen molar-refractivity contribution in [1.29, 1.82) is 0 Å². The predicted molar refractivity (Wildman–Crippen MR) is 46.4 cm³/mol. The summed E-state index contributed by atoms with van der Waals surface area (Å²) in [7, 11) is 6.16. The van der Waals surface area contributed by atoms with Gasteiger partial charge in [-0.25, -0.2) is 0 Å². The fourth-order valence-corrected chi connectivity index (χ4v) is 1.68. The van der Waals surface area contributed by atoms with Crippen molar-refractivity contribution >= 4 is 7.85 Å². The van der Waals surface area contributed by atoms with E-state index < -0.39 is 0 Å². The van der Waals surface area contributed by atoms with Gasteiger partial charge >= 0.3 is 0 Å². The molecule has 1 atom stereocenters. The Balaban J connectivity index is 2.70. The molecule has 0 aromatic heterocycles. The molecule has 0 amide bonds. The zero-order valence-electron chi connectivity index (χ0n) is 7.41. The molecule has 0 aromatic carbocycles. The van der Waals surface area contributed by atoms with Crippen LogP contribution in [0.4, 0.5) is 0 Å². The van der Waals surface area contributed by atoms with Gasteiger partial charge in [-0.2, -0.15) is 0 Å². The predicted octanol–water partition coefficient (Wildman–Crippen LogP) is 2.93. The second-order valence-electron chi connectivity index (χ2n) is 4.51. The quantitative estimate of drug-likeness (QED) is 0.449. The van der Waals surface area contributed by atoms with E-state index in [-0.39, 0.29) is 5.31 Å². The largest absolute Gasteiger partial charge is 0.0749 e. The highest BCUT2D eigenvalue weighted by atomic mass is 14.4. The van der Waals surface area contributed by atoms with Gasteiger partial charge in [-0.05, 0) is 11.8 Å². The third-order valence-electron chi connectivity index (χ3n) is 3.29. The second kappa shape index (κ2) is 2.28. The Kier molecular flexibility index (Phi) is 1.87. The maximum Gasteiger partial charge on any atom is 0.0749 e. The fraction of sp³-hybridized carbons (Fsp3) is 1.00. The van der Waals surface area contributed by atoms with E-state index in [1.54, 1.807) is 0 Å². The molecule has 0 heterocycles. The van der Waals surface area contributed by atoms with Crippen molar-refractivity contribution < 1.29 is 0 Å². The van der Waals surface area contributed by atoms with Gasteiger partial charge in [0.2, 0.25) is 0 Å². The van der Waals surface area contributed by atoms with Gasteiger partial charge in [0.15, 0.2) is 0 Å². The molecule has 2 radical (unpaired) electrons. The molecule has 1 saturated carbocycles. The summed E-state index contributed by atoms with van der Waals surface area (Å²) in [4.78, 5) is 0. The maximum atomic E-state index is 6.16. The van der Waals surface area contributed by atoms with Crippen molar-refractivity contribution in [3.8, 4) is 0 Å². The first-order chi connectivity index (χ1) is 4.46. The minimum Gasteiger partial charge on any atom is -0.0671 e. The van der Waals surface area contributed by atoms with Crippen LogP contribution >= 0.6 is 0 Å². The molecule has 0 nitrogen and oxygen atoms in total. The van der Waals surface area contributed by atoms with Crippen LogP contribution in [-0.2, 0) is 0 Å². The van der Waals surface area contributed by atoms with Crippen LogP contribution in [0.5, 0.6) is 0 Å². The third-order valence-corrected chi connectivity index (χ3v) is 3.29. The molecule has 1 aliphatic rings. The first-order valence-corrected chi connectivity index (χ1v) is 4.25. The first kappa shape index (κ1) is 8.16. The third kappa shape index (κ3) is 1.23. The van der Waals surface area contributed by atoms with E-state index in [0.29, 0.717) is 5.41 Å². The smallest absolute Gasteiger partial charge is 0.0671 e. The fourth-order valence-electron chi connectivity index (χ4n) is 1.68. The van der Waals surface area contributed by atoms with E-state index in [0.717, 1.165) is 0 Å². The van der Waals surface area contributed by atoms with E-state index >= 15 is 0 Å². The lowest BCUT2D eigenvalue weighted by atomic mass is 9.49. The van der Waals surface area contributed by atoms with Crippen LogP contribution in [-0.4, -0.2) is 7.85 Å². The van der Waals surface area contributed by atoms with E-state index in [9.17, 15) is 0 Å².